The molecule has 5 heteroatoms. The predicted molar refractivity (Wildman–Crippen MR) is 101 cm³/mol. The van der Waals surface area contributed by atoms with Gasteiger partial charge in [-0.25, -0.2) is 0 Å². The van der Waals surface area contributed by atoms with Crippen molar-refractivity contribution in [2.75, 3.05) is 30.9 Å². The maximum atomic E-state index is 11.4. The Morgan fingerprint density at radius 2 is 1.96 bits per heavy atom. The molecule has 1 amide bonds. The van der Waals surface area contributed by atoms with Crippen LogP contribution in [0.3, 0.4) is 0 Å². The Bertz CT molecular complexity index is 697. The van der Waals surface area contributed by atoms with Crippen molar-refractivity contribution in [1.29, 1.82) is 0 Å². The van der Waals surface area contributed by atoms with Crippen LogP contribution in [0.4, 0.5) is 5.69 Å². The number of halogens is 1. The van der Waals surface area contributed by atoms with Gasteiger partial charge in [0.05, 0.1) is 6.61 Å². The third-order valence-electron chi connectivity index (χ3n) is 4.80. The van der Waals surface area contributed by atoms with Crippen LogP contribution in [0, 0.1) is 0 Å². The average molecular weight is 359 g/mol. The molecule has 0 radical (unpaired) electrons. The van der Waals surface area contributed by atoms with Crippen LogP contribution in [0.15, 0.2) is 54.6 Å². The van der Waals surface area contributed by atoms with E-state index in [9.17, 15) is 4.79 Å². The molecule has 2 N–H and O–H groups in total. The highest BCUT2D eigenvalue weighted by Crippen LogP contribution is 2.41. The lowest BCUT2D eigenvalue weighted by Crippen LogP contribution is -2.50. The molecule has 0 aromatic heterocycles. The van der Waals surface area contributed by atoms with E-state index in [4.69, 9.17) is 16.3 Å². The number of carbonyl (C=O) groups is 1. The fourth-order valence-corrected chi connectivity index (χ4v) is 3.45. The van der Waals surface area contributed by atoms with Crippen molar-refractivity contribution in [2.24, 2.45) is 0 Å². The molecule has 1 aliphatic heterocycles. The van der Waals surface area contributed by atoms with Gasteiger partial charge in [-0.2, -0.15) is 0 Å². The zero-order valence-electron chi connectivity index (χ0n) is 14.3. The van der Waals surface area contributed by atoms with Crippen LogP contribution < -0.4 is 10.6 Å². The maximum absolute atomic E-state index is 11.4. The van der Waals surface area contributed by atoms with E-state index in [0.29, 0.717) is 6.61 Å². The number of morpholine rings is 1. The topological polar surface area (TPSA) is 50.4 Å². The number of hydrogen-bond donors (Lipinski definition) is 2. The maximum Gasteiger partial charge on any atom is 0.239 e. The van der Waals surface area contributed by atoms with E-state index in [-0.39, 0.29) is 17.7 Å². The Hall–Kier alpha value is -1.88. The first kappa shape index (κ1) is 17.9. The lowest BCUT2D eigenvalue weighted by Gasteiger charge is -2.43. The molecule has 0 bridgehead atoms. The molecule has 2 aromatic carbocycles. The van der Waals surface area contributed by atoms with Crippen LogP contribution in [-0.2, 0) is 15.1 Å². The minimum atomic E-state index is -0.436. The van der Waals surface area contributed by atoms with Crippen molar-refractivity contribution in [3.63, 3.8) is 0 Å². The van der Waals surface area contributed by atoms with Crippen molar-refractivity contribution in [3.05, 3.63) is 65.7 Å². The quantitative estimate of drug-likeness (QED) is 0.804. The van der Waals surface area contributed by atoms with Gasteiger partial charge in [-0.3, -0.25) is 4.79 Å². The van der Waals surface area contributed by atoms with E-state index in [1.54, 1.807) is 0 Å². The lowest BCUT2D eigenvalue weighted by atomic mass is 9.77. The first-order valence-electron chi connectivity index (χ1n) is 8.52. The number of ether oxygens (including phenoxy) is 1. The Balaban J connectivity index is 1.91. The second-order valence-electron chi connectivity index (χ2n) is 6.31. The summed E-state index contributed by atoms with van der Waals surface area (Å²) in [7, 11) is 0. The number of amides is 1. The molecule has 25 heavy (non-hydrogen) atoms. The molecular formula is C20H23ClN2O2. The minimum absolute atomic E-state index is 0.0518. The fourth-order valence-electron chi connectivity index (χ4n) is 3.38. The van der Waals surface area contributed by atoms with Gasteiger partial charge in [-0.1, -0.05) is 49.4 Å². The summed E-state index contributed by atoms with van der Waals surface area (Å²) < 4.78 is 6.34. The molecular weight excluding hydrogens is 336 g/mol. The number of alkyl halides is 1. The van der Waals surface area contributed by atoms with E-state index in [1.165, 1.54) is 5.56 Å². The molecule has 3 rings (SSSR count). The Kier molecular flexibility index (Phi) is 5.74. The Labute approximate surface area is 153 Å². The van der Waals surface area contributed by atoms with Crippen molar-refractivity contribution in [3.8, 4) is 0 Å². The first-order chi connectivity index (χ1) is 12.2. The number of nitrogens with one attached hydrogen (secondary N) is 2. The third-order valence-corrected chi connectivity index (χ3v) is 5.05. The first-order valence-corrected chi connectivity index (χ1v) is 9.05. The van der Waals surface area contributed by atoms with Gasteiger partial charge >= 0.3 is 0 Å². The van der Waals surface area contributed by atoms with Crippen LogP contribution in [0.5, 0.6) is 0 Å². The molecule has 1 fully saturated rings. The summed E-state index contributed by atoms with van der Waals surface area (Å²) in [6.07, 6.45) is 0. The number of rotatable bonds is 5. The minimum Gasteiger partial charge on any atom is -0.367 e. The normalized spacial score (nSPS) is 21.5. The SMILES string of the molecule is C[C@H](c1ccccc1)[C@]1(c2ccc(NC(=O)CCl)cc2)CNCCO1. The third kappa shape index (κ3) is 3.87. The summed E-state index contributed by atoms with van der Waals surface area (Å²) >= 11 is 5.55. The van der Waals surface area contributed by atoms with Gasteiger partial charge < -0.3 is 15.4 Å². The number of carbonyl (C=O) groups excluding carboxylic acids is 1. The second-order valence-corrected chi connectivity index (χ2v) is 6.57. The molecule has 0 spiro atoms. The summed E-state index contributed by atoms with van der Waals surface area (Å²) in [5, 5.41) is 6.24. The van der Waals surface area contributed by atoms with Crippen molar-refractivity contribution < 1.29 is 9.53 Å². The molecule has 0 unspecified atom stereocenters. The van der Waals surface area contributed by atoms with Crippen LogP contribution in [-0.4, -0.2) is 31.5 Å². The molecule has 1 saturated heterocycles. The van der Waals surface area contributed by atoms with E-state index in [0.717, 1.165) is 24.3 Å². The molecule has 1 heterocycles. The average Bonchev–Trinajstić information content (AvgIpc) is 2.69. The van der Waals surface area contributed by atoms with E-state index in [2.05, 4.69) is 41.8 Å². The van der Waals surface area contributed by atoms with Crippen LogP contribution in [0.25, 0.3) is 0 Å². The highest BCUT2D eigenvalue weighted by Gasteiger charge is 2.41. The predicted octanol–water partition coefficient (Wildman–Crippen LogP) is 3.48. The van der Waals surface area contributed by atoms with Crippen LogP contribution in [0.1, 0.15) is 24.0 Å². The summed E-state index contributed by atoms with van der Waals surface area (Å²) in [5.41, 5.74) is 2.64. The molecule has 1 aliphatic rings. The van der Waals surface area contributed by atoms with E-state index in [1.807, 2.05) is 30.3 Å². The smallest absolute Gasteiger partial charge is 0.239 e. The zero-order chi connectivity index (χ0) is 17.7. The van der Waals surface area contributed by atoms with E-state index >= 15 is 0 Å². The highest BCUT2D eigenvalue weighted by molar-refractivity contribution is 6.29. The highest BCUT2D eigenvalue weighted by atomic mass is 35.5. The van der Waals surface area contributed by atoms with Crippen LogP contribution >= 0.6 is 11.6 Å². The van der Waals surface area contributed by atoms with Gasteiger partial charge in [0.1, 0.15) is 11.5 Å². The van der Waals surface area contributed by atoms with Gasteiger partial charge in [0.15, 0.2) is 0 Å². The molecule has 4 nitrogen and oxygen atoms in total. The Morgan fingerprint density at radius 1 is 1.24 bits per heavy atom. The monoisotopic (exact) mass is 358 g/mol. The largest absolute Gasteiger partial charge is 0.367 e. The van der Waals surface area contributed by atoms with E-state index < -0.39 is 5.60 Å². The standard InChI is InChI=1S/C20H23ClN2O2/c1-15(16-5-3-2-4-6-16)20(14-22-11-12-25-20)17-7-9-18(10-8-17)23-19(24)13-21/h2-10,15,22H,11-14H2,1H3,(H,23,24)/t15-,20+/m1/s1. The second kappa shape index (κ2) is 8.00. The number of hydrogen-bond acceptors (Lipinski definition) is 3. The van der Waals surface area contributed by atoms with Crippen molar-refractivity contribution in [1.82, 2.24) is 5.32 Å². The zero-order valence-corrected chi connectivity index (χ0v) is 15.1. The molecule has 2 atom stereocenters. The van der Waals surface area contributed by atoms with Crippen LogP contribution in [0.2, 0.25) is 0 Å². The Morgan fingerprint density at radius 3 is 2.56 bits per heavy atom. The fraction of sp³-hybridized carbons (Fsp3) is 0.350. The molecule has 0 aliphatic carbocycles. The van der Waals surface area contributed by atoms with Gasteiger partial charge in [-0.05, 0) is 23.3 Å². The van der Waals surface area contributed by atoms with Crippen molar-refractivity contribution in [2.45, 2.75) is 18.4 Å². The van der Waals surface area contributed by atoms with Gasteiger partial charge in [0.25, 0.3) is 0 Å². The number of benzene rings is 2. The summed E-state index contributed by atoms with van der Waals surface area (Å²) in [6, 6.07) is 18.3. The summed E-state index contributed by atoms with van der Waals surface area (Å²) in [6.45, 7) is 4.47. The van der Waals surface area contributed by atoms with Gasteiger partial charge in [-0.15, -0.1) is 11.6 Å². The lowest BCUT2D eigenvalue weighted by molar-refractivity contribution is -0.113. The molecule has 0 saturated carbocycles. The van der Waals surface area contributed by atoms with Gasteiger partial charge in [0, 0.05) is 24.7 Å². The number of anilines is 1. The molecule has 2 aromatic rings. The van der Waals surface area contributed by atoms with Crippen molar-refractivity contribution >= 4 is 23.2 Å². The summed E-state index contributed by atoms with van der Waals surface area (Å²) in [5.74, 6) is -0.0776. The molecule has 132 valence electrons. The van der Waals surface area contributed by atoms with Gasteiger partial charge in [0.2, 0.25) is 5.91 Å². The summed E-state index contributed by atoms with van der Waals surface area (Å²) in [4.78, 5) is 11.4.